The molecule has 0 saturated carbocycles. The molecule has 1 N–H and O–H groups in total. The first-order chi connectivity index (χ1) is 11.5. The first kappa shape index (κ1) is 16.3. The van der Waals surface area contributed by atoms with E-state index in [1.807, 2.05) is 0 Å². The molecule has 2 heterocycles. The van der Waals surface area contributed by atoms with Crippen LogP contribution >= 0.6 is 0 Å². The summed E-state index contributed by atoms with van der Waals surface area (Å²) in [6.07, 6.45) is 3.92. The van der Waals surface area contributed by atoms with Crippen molar-refractivity contribution in [3.63, 3.8) is 0 Å². The van der Waals surface area contributed by atoms with Gasteiger partial charge >= 0.3 is 0 Å². The Labute approximate surface area is 144 Å². The van der Waals surface area contributed by atoms with Gasteiger partial charge in [-0.15, -0.1) is 0 Å². The topological polar surface area (TPSA) is 32.7 Å². The van der Waals surface area contributed by atoms with Crippen LogP contribution in [-0.4, -0.2) is 56.6 Å². The summed E-state index contributed by atoms with van der Waals surface area (Å²) in [6, 6.07) is 7.35. The van der Waals surface area contributed by atoms with E-state index in [0.29, 0.717) is 12.0 Å². The van der Waals surface area contributed by atoms with Gasteiger partial charge in [0.2, 0.25) is 0 Å². The van der Waals surface area contributed by atoms with Gasteiger partial charge in [0.15, 0.2) is 6.29 Å². The molecule has 2 aliphatic heterocycles. The van der Waals surface area contributed by atoms with Gasteiger partial charge in [0.05, 0.1) is 13.6 Å². The summed E-state index contributed by atoms with van der Waals surface area (Å²) >= 11 is 0. The number of methoxy groups -OCH3 is 1. The molecular weight excluding hydrogens is 300 g/mol. The second-order valence-corrected chi connectivity index (χ2v) is 7.92. The number of hydrogen-bond acceptors (Lipinski definition) is 3. The quantitative estimate of drug-likeness (QED) is 0.684. The number of likely N-dealkylation sites (N-methyl/N-ethyl adjacent to an activating group) is 1. The number of nitrogens with zero attached hydrogens (tertiary/aromatic N) is 2. The van der Waals surface area contributed by atoms with Crippen molar-refractivity contribution < 1.29 is 9.84 Å². The Hall–Kier alpha value is -1.20. The van der Waals surface area contributed by atoms with Crippen LogP contribution in [0.3, 0.4) is 0 Å². The van der Waals surface area contributed by atoms with Gasteiger partial charge in [-0.05, 0) is 32.4 Å². The molecular formula is C20H29N2O2+. The average molecular weight is 329 g/mol. The van der Waals surface area contributed by atoms with E-state index in [1.54, 1.807) is 7.11 Å². The summed E-state index contributed by atoms with van der Waals surface area (Å²) < 4.78 is 6.14. The van der Waals surface area contributed by atoms with Crippen molar-refractivity contribution >= 4 is 11.3 Å². The summed E-state index contributed by atoms with van der Waals surface area (Å²) in [5.41, 5.74) is 5.93. The van der Waals surface area contributed by atoms with E-state index in [9.17, 15) is 5.11 Å². The zero-order chi connectivity index (χ0) is 17.1. The summed E-state index contributed by atoms with van der Waals surface area (Å²) in [6.45, 7) is 4.24. The highest BCUT2D eigenvalue weighted by molar-refractivity contribution is 5.86. The zero-order valence-electron chi connectivity index (χ0n) is 15.2. The molecule has 0 amide bonds. The third kappa shape index (κ3) is 2.21. The first-order valence-corrected chi connectivity index (χ1v) is 9.10. The molecule has 0 aromatic heterocycles. The molecule has 4 rings (SSSR count). The number of quaternary nitrogens is 1. The van der Waals surface area contributed by atoms with E-state index in [0.717, 1.165) is 30.4 Å². The summed E-state index contributed by atoms with van der Waals surface area (Å²) in [7, 11) is 6.11. The fraction of sp³-hybridized carbons (Fsp3) is 0.600. The number of likely N-dealkylation sites (tertiary alicyclic amines) is 1. The second-order valence-electron chi connectivity index (χ2n) is 7.92. The lowest BCUT2D eigenvalue weighted by molar-refractivity contribution is -0.131. The van der Waals surface area contributed by atoms with Gasteiger partial charge in [0.25, 0.3) is 0 Å². The predicted octanol–water partition coefficient (Wildman–Crippen LogP) is 2.77. The van der Waals surface area contributed by atoms with Gasteiger partial charge in [0, 0.05) is 48.7 Å². The molecule has 3 unspecified atom stereocenters. The van der Waals surface area contributed by atoms with Crippen LogP contribution in [0.4, 0.5) is 5.69 Å². The number of rotatable bonds is 3. The van der Waals surface area contributed by atoms with Gasteiger partial charge in [-0.3, -0.25) is 4.48 Å². The number of piperidine rings is 1. The van der Waals surface area contributed by atoms with Gasteiger partial charge < -0.3 is 14.7 Å². The van der Waals surface area contributed by atoms with E-state index in [4.69, 9.17) is 4.74 Å². The molecule has 0 bridgehead atoms. The fourth-order valence-corrected chi connectivity index (χ4v) is 5.16. The fourth-order valence-electron chi connectivity index (χ4n) is 5.16. The maximum absolute atomic E-state index is 10.2. The van der Waals surface area contributed by atoms with E-state index in [1.165, 1.54) is 22.4 Å². The standard InChI is InChI=1S/C20H29N2O2/c1-5-22(3)12-14-10-17-16(15-7-6-8-18(22)19(14)15)9-13(11-21(17)2)20(23)24-4/h6-8,12-13,16-17,20,23H,5,9-11H2,1-4H3/q+1/t13-,16?,17-,20?,22?/m1/s1. The van der Waals surface area contributed by atoms with Crippen molar-refractivity contribution in [2.45, 2.75) is 38.0 Å². The van der Waals surface area contributed by atoms with Crippen LogP contribution in [0.1, 0.15) is 36.8 Å². The lowest BCUT2D eigenvalue weighted by atomic mass is 9.70. The van der Waals surface area contributed by atoms with E-state index >= 15 is 0 Å². The SMILES string of the molecule is CC[N+]1(C)C=C2C[C@@H]3C(C[C@@H](C(O)OC)CN3C)c3cccc1c32. The Morgan fingerprint density at radius 2 is 2.21 bits per heavy atom. The summed E-state index contributed by atoms with van der Waals surface area (Å²) in [5, 5.41) is 10.2. The molecule has 130 valence electrons. The van der Waals surface area contributed by atoms with E-state index in [-0.39, 0.29) is 5.92 Å². The number of aliphatic hydroxyl groups is 1. The van der Waals surface area contributed by atoms with Crippen LogP contribution < -0.4 is 4.48 Å². The number of fused-ring (bicyclic) bond motifs is 2. The lowest BCUT2D eigenvalue weighted by Gasteiger charge is -2.46. The minimum atomic E-state index is -0.668. The van der Waals surface area contributed by atoms with Gasteiger partial charge in [0.1, 0.15) is 11.9 Å². The molecule has 3 aliphatic rings. The molecule has 1 aliphatic carbocycles. The number of benzene rings is 1. The number of ether oxygens (including phenoxy) is 1. The molecule has 1 fully saturated rings. The maximum atomic E-state index is 10.2. The highest BCUT2D eigenvalue weighted by Crippen LogP contribution is 2.53. The van der Waals surface area contributed by atoms with Gasteiger partial charge in [-0.1, -0.05) is 12.1 Å². The highest BCUT2D eigenvalue weighted by atomic mass is 16.6. The van der Waals surface area contributed by atoms with Crippen LogP contribution in [0, 0.1) is 5.92 Å². The molecule has 0 spiro atoms. The Morgan fingerprint density at radius 3 is 2.92 bits per heavy atom. The molecule has 0 radical (unpaired) electrons. The lowest BCUT2D eigenvalue weighted by Crippen LogP contribution is -2.50. The molecule has 4 heteroatoms. The van der Waals surface area contributed by atoms with Crippen LogP contribution in [0.5, 0.6) is 0 Å². The van der Waals surface area contributed by atoms with Crippen LogP contribution in [0.2, 0.25) is 0 Å². The molecule has 1 aromatic rings. The largest absolute Gasteiger partial charge is 0.368 e. The second kappa shape index (κ2) is 5.67. The Kier molecular flexibility index (Phi) is 3.84. The van der Waals surface area contributed by atoms with Gasteiger partial charge in [-0.25, -0.2) is 0 Å². The highest BCUT2D eigenvalue weighted by Gasteiger charge is 2.47. The molecule has 24 heavy (non-hydrogen) atoms. The normalized spacial score (nSPS) is 36.0. The van der Waals surface area contributed by atoms with Crippen LogP contribution in [-0.2, 0) is 4.74 Å². The zero-order valence-corrected chi connectivity index (χ0v) is 15.2. The predicted molar refractivity (Wildman–Crippen MR) is 97.6 cm³/mol. The smallest absolute Gasteiger partial charge is 0.158 e. The van der Waals surface area contributed by atoms with Crippen molar-refractivity contribution in [2.24, 2.45) is 5.92 Å². The van der Waals surface area contributed by atoms with E-state index < -0.39 is 6.29 Å². The molecule has 1 aromatic carbocycles. The van der Waals surface area contributed by atoms with Crippen molar-refractivity contribution in [1.82, 2.24) is 9.38 Å². The number of hydrogen-bond donors (Lipinski definition) is 1. The third-order valence-electron chi connectivity index (χ3n) is 6.63. The monoisotopic (exact) mass is 329 g/mol. The Morgan fingerprint density at radius 1 is 1.42 bits per heavy atom. The third-order valence-corrected chi connectivity index (χ3v) is 6.63. The summed E-state index contributed by atoms with van der Waals surface area (Å²) in [5.74, 6) is 0.658. The summed E-state index contributed by atoms with van der Waals surface area (Å²) in [4.78, 5) is 2.44. The van der Waals surface area contributed by atoms with Crippen molar-refractivity contribution in [3.05, 3.63) is 35.5 Å². The first-order valence-electron chi connectivity index (χ1n) is 9.10. The number of aliphatic hydroxyl groups excluding tert-OH is 1. The average Bonchev–Trinajstić information content (AvgIpc) is 2.89. The molecule has 5 atom stereocenters. The minimum absolute atomic E-state index is 0.177. The Bertz CT molecular complexity index is 686. The van der Waals surface area contributed by atoms with Crippen molar-refractivity contribution in [3.8, 4) is 0 Å². The van der Waals surface area contributed by atoms with Crippen molar-refractivity contribution in [1.29, 1.82) is 0 Å². The van der Waals surface area contributed by atoms with Gasteiger partial charge in [-0.2, -0.15) is 0 Å². The minimum Gasteiger partial charge on any atom is -0.368 e. The maximum Gasteiger partial charge on any atom is 0.158 e. The molecule has 4 nitrogen and oxygen atoms in total. The van der Waals surface area contributed by atoms with E-state index in [2.05, 4.69) is 50.3 Å². The van der Waals surface area contributed by atoms with Crippen molar-refractivity contribution in [2.75, 3.05) is 34.3 Å². The van der Waals surface area contributed by atoms with Crippen LogP contribution in [0.25, 0.3) is 5.57 Å². The Balaban J connectivity index is 1.79. The van der Waals surface area contributed by atoms with Crippen LogP contribution in [0.15, 0.2) is 24.4 Å². The molecule has 1 saturated heterocycles.